The van der Waals surface area contributed by atoms with Crippen LogP contribution in [0.3, 0.4) is 0 Å². The first-order valence-electron chi connectivity index (χ1n) is 8.09. The van der Waals surface area contributed by atoms with Crippen LogP contribution < -0.4 is 14.3 Å². The summed E-state index contributed by atoms with van der Waals surface area (Å²) in [6.07, 6.45) is 2.22. The van der Waals surface area contributed by atoms with E-state index < -0.39 is 5.97 Å². The van der Waals surface area contributed by atoms with Crippen LogP contribution >= 0.6 is 0 Å². The summed E-state index contributed by atoms with van der Waals surface area (Å²) in [5.74, 6) is 0.0588. The number of ether oxygens (including phenoxy) is 1. The van der Waals surface area contributed by atoms with Gasteiger partial charge in [-0.2, -0.15) is 0 Å². The third kappa shape index (κ3) is 4.47. The molecule has 0 aliphatic carbocycles. The summed E-state index contributed by atoms with van der Waals surface area (Å²) in [5.41, 5.74) is 6.94. The minimum atomic E-state index is -1.08. The lowest BCUT2D eigenvalue weighted by Crippen LogP contribution is -2.38. The maximum atomic E-state index is 8.89. The second-order valence-electron chi connectivity index (χ2n) is 7.90. The zero-order valence-electron chi connectivity index (χ0n) is 16.1. The van der Waals surface area contributed by atoms with Crippen LogP contribution in [0.1, 0.15) is 49.4 Å². The van der Waals surface area contributed by atoms with Gasteiger partial charge in [0.25, 0.3) is 0 Å². The molecule has 4 heteroatoms. The molecular formula is C19H31NO3. The van der Waals surface area contributed by atoms with E-state index in [1.165, 1.54) is 27.9 Å². The Morgan fingerprint density at radius 2 is 1.57 bits per heavy atom. The van der Waals surface area contributed by atoms with Crippen molar-refractivity contribution >= 4 is 11.7 Å². The Morgan fingerprint density at radius 3 is 2.00 bits per heavy atom. The zero-order chi connectivity index (χ0) is 18.2. The van der Waals surface area contributed by atoms with E-state index in [1.54, 1.807) is 0 Å². The molecule has 0 aromatic heterocycles. The summed E-state index contributed by atoms with van der Waals surface area (Å²) >= 11 is 0. The van der Waals surface area contributed by atoms with Gasteiger partial charge in [-0.1, -0.05) is 0 Å². The highest BCUT2D eigenvalue weighted by Crippen LogP contribution is 2.44. The van der Waals surface area contributed by atoms with Crippen LogP contribution in [0.15, 0.2) is 0 Å². The summed E-state index contributed by atoms with van der Waals surface area (Å²) in [4.78, 5) is 8.89. The fourth-order valence-electron chi connectivity index (χ4n) is 3.37. The molecule has 1 aliphatic rings. The maximum Gasteiger partial charge on any atom is 0.138 e. The molecule has 1 aliphatic heterocycles. The van der Waals surface area contributed by atoms with Crippen molar-refractivity contribution in [2.75, 3.05) is 21.1 Å². The minimum Gasteiger partial charge on any atom is -0.550 e. The predicted octanol–water partition coefficient (Wildman–Crippen LogP) is 2.67. The van der Waals surface area contributed by atoms with Gasteiger partial charge in [0.15, 0.2) is 0 Å². The molecular weight excluding hydrogens is 290 g/mol. The van der Waals surface area contributed by atoms with Crippen LogP contribution in [0.25, 0.3) is 0 Å². The summed E-state index contributed by atoms with van der Waals surface area (Å²) < 4.78 is 7.14. The Hall–Kier alpha value is -1.55. The van der Waals surface area contributed by atoms with E-state index in [0.29, 0.717) is 0 Å². The maximum absolute atomic E-state index is 8.89. The standard InChI is InChI=1S/C17H28NO.C2H4O2/c1-11-12(2)16-14(9-10-17(4,5)19-16)13(3)15(11)18(6,7)8;1-2(3)4/h9-10H2,1-8H3;1H3,(H,3,4)/q+1;/p-1. The quantitative estimate of drug-likeness (QED) is 0.747. The number of benzene rings is 1. The number of hydrogen-bond donors (Lipinski definition) is 0. The Morgan fingerprint density at radius 1 is 1.09 bits per heavy atom. The highest BCUT2D eigenvalue weighted by Gasteiger charge is 2.33. The van der Waals surface area contributed by atoms with Crippen LogP contribution in [0.2, 0.25) is 0 Å². The number of carbonyl (C=O) groups excluding carboxylic acids is 1. The number of nitrogens with zero attached hydrogens (tertiary/aromatic N) is 1. The average molecular weight is 321 g/mol. The zero-order valence-corrected chi connectivity index (χ0v) is 16.1. The normalized spacial score (nSPS) is 15.9. The van der Waals surface area contributed by atoms with E-state index in [9.17, 15) is 0 Å². The Bertz CT molecular complexity index is 606. The Labute approximate surface area is 140 Å². The van der Waals surface area contributed by atoms with Gasteiger partial charge in [0.1, 0.15) is 17.0 Å². The van der Waals surface area contributed by atoms with Gasteiger partial charge in [-0.25, -0.2) is 0 Å². The Balaban J connectivity index is 0.000000593. The molecule has 0 bridgehead atoms. The fraction of sp³-hybridized carbons (Fsp3) is 0.632. The third-order valence-corrected chi connectivity index (χ3v) is 4.37. The molecule has 0 fully saturated rings. The number of carboxylic acids is 1. The molecule has 0 atom stereocenters. The first-order valence-corrected chi connectivity index (χ1v) is 8.09. The predicted molar refractivity (Wildman–Crippen MR) is 93.9 cm³/mol. The number of rotatable bonds is 1. The summed E-state index contributed by atoms with van der Waals surface area (Å²) in [7, 11) is 6.73. The van der Waals surface area contributed by atoms with E-state index in [1.807, 2.05) is 0 Å². The molecule has 0 saturated carbocycles. The van der Waals surface area contributed by atoms with Gasteiger partial charge in [0.05, 0.1) is 21.1 Å². The first kappa shape index (κ1) is 19.5. The molecule has 0 amide bonds. The van der Waals surface area contributed by atoms with Crippen LogP contribution in [0, 0.1) is 20.8 Å². The molecule has 0 spiro atoms. The molecule has 0 saturated heterocycles. The first-order chi connectivity index (χ1) is 10.3. The van der Waals surface area contributed by atoms with Gasteiger partial charge < -0.3 is 14.6 Å². The molecule has 0 unspecified atom stereocenters. The molecule has 1 aromatic rings. The summed E-state index contributed by atoms with van der Waals surface area (Å²) in [6, 6.07) is 0. The van der Waals surface area contributed by atoms with Crippen molar-refractivity contribution in [3.05, 3.63) is 22.3 Å². The minimum absolute atomic E-state index is 0.0330. The lowest BCUT2D eigenvalue weighted by molar-refractivity contribution is -0.302. The largest absolute Gasteiger partial charge is 0.550 e. The molecule has 23 heavy (non-hydrogen) atoms. The monoisotopic (exact) mass is 321 g/mol. The van der Waals surface area contributed by atoms with Crippen molar-refractivity contribution in [2.45, 2.75) is 60.0 Å². The van der Waals surface area contributed by atoms with Crippen LogP contribution in [0.5, 0.6) is 5.75 Å². The number of fused-ring (bicyclic) bond motifs is 1. The molecule has 2 rings (SSSR count). The van der Waals surface area contributed by atoms with Crippen LogP contribution in [0.4, 0.5) is 5.69 Å². The van der Waals surface area contributed by atoms with Gasteiger partial charge >= 0.3 is 0 Å². The van der Waals surface area contributed by atoms with E-state index in [4.69, 9.17) is 14.6 Å². The molecule has 1 heterocycles. The van der Waals surface area contributed by atoms with Crippen molar-refractivity contribution < 1.29 is 14.6 Å². The van der Waals surface area contributed by atoms with E-state index in [-0.39, 0.29) is 5.60 Å². The number of quaternary nitrogens is 1. The molecule has 0 N–H and O–H groups in total. The molecule has 130 valence electrons. The summed E-state index contributed by atoms with van der Waals surface area (Å²) in [6.45, 7) is 12.0. The van der Waals surface area contributed by atoms with Crippen molar-refractivity contribution in [1.82, 2.24) is 4.48 Å². The van der Waals surface area contributed by atoms with E-state index >= 15 is 0 Å². The lowest BCUT2D eigenvalue weighted by Gasteiger charge is -2.37. The topological polar surface area (TPSA) is 49.4 Å². The van der Waals surface area contributed by atoms with E-state index in [2.05, 4.69) is 55.8 Å². The third-order valence-electron chi connectivity index (χ3n) is 4.37. The highest BCUT2D eigenvalue weighted by molar-refractivity contribution is 5.67. The lowest BCUT2D eigenvalue weighted by atomic mass is 9.87. The molecule has 4 nitrogen and oxygen atoms in total. The number of aliphatic carboxylic acids is 1. The van der Waals surface area contributed by atoms with Crippen LogP contribution in [-0.2, 0) is 11.2 Å². The van der Waals surface area contributed by atoms with Gasteiger partial charge in [0, 0.05) is 28.2 Å². The number of carbonyl (C=O) groups is 1. The van der Waals surface area contributed by atoms with Crippen molar-refractivity contribution in [2.24, 2.45) is 0 Å². The highest BCUT2D eigenvalue weighted by atomic mass is 16.5. The SMILES string of the molecule is CC(=O)[O-].Cc1c(C)c([N+](C)(C)C)c(C)c2c1OC(C)(C)CC2. The van der Waals surface area contributed by atoms with Crippen LogP contribution in [-0.4, -0.2) is 32.7 Å². The van der Waals surface area contributed by atoms with Gasteiger partial charge in [0.2, 0.25) is 0 Å². The van der Waals surface area contributed by atoms with Gasteiger partial charge in [-0.3, -0.25) is 4.48 Å². The van der Waals surface area contributed by atoms with E-state index in [0.717, 1.165) is 30.0 Å². The van der Waals surface area contributed by atoms with Gasteiger partial charge in [-0.05, 0) is 54.4 Å². The van der Waals surface area contributed by atoms with Crippen molar-refractivity contribution in [3.63, 3.8) is 0 Å². The Kier molecular flexibility index (Phi) is 5.53. The summed E-state index contributed by atoms with van der Waals surface area (Å²) in [5, 5.41) is 8.89. The second kappa shape index (κ2) is 6.52. The fourth-order valence-corrected chi connectivity index (χ4v) is 3.37. The van der Waals surface area contributed by atoms with Crippen molar-refractivity contribution in [1.29, 1.82) is 0 Å². The van der Waals surface area contributed by atoms with Gasteiger partial charge in [-0.15, -0.1) is 0 Å². The molecule has 1 aromatic carbocycles. The number of hydrogen-bond acceptors (Lipinski definition) is 3. The number of carboxylic acid groups (broad SMARTS) is 1. The smallest absolute Gasteiger partial charge is 0.138 e. The molecule has 0 radical (unpaired) electrons. The van der Waals surface area contributed by atoms with Crippen molar-refractivity contribution in [3.8, 4) is 5.75 Å². The average Bonchev–Trinajstić information content (AvgIpc) is 2.32. The second-order valence-corrected chi connectivity index (χ2v) is 7.90.